The lowest BCUT2D eigenvalue weighted by Gasteiger charge is -2.36. The summed E-state index contributed by atoms with van der Waals surface area (Å²) < 4.78 is 5.91. The zero-order valence-corrected chi connectivity index (χ0v) is 18.7. The van der Waals surface area contributed by atoms with Crippen LogP contribution in [0.15, 0.2) is 30.6 Å². The zero-order chi connectivity index (χ0) is 21.8. The van der Waals surface area contributed by atoms with Crippen LogP contribution in [0.5, 0.6) is 5.88 Å². The van der Waals surface area contributed by atoms with Gasteiger partial charge in [0.05, 0.1) is 5.56 Å². The summed E-state index contributed by atoms with van der Waals surface area (Å²) in [5.74, 6) is 2.42. The van der Waals surface area contributed by atoms with Gasteiger partial charge in [-0.25, -0.2) is 9.97 Å². The van der Waals surface area contributed by atoms with Crippen molar-refractivity contribution in [3.05, 3.63) is 36.2 Å². The van der Waals surface area contributed by atoms with Crippen molar-refractivity contribution in [2.75, 3.05) is 49.1 Å². The second-order valence-corrected chi connectivity index (χ2v) is 8.95. The lowest BCUT2D eigenvalue weighted by Crippen LogP contribution is -2.49. The van der Waals surface area contributed by atoms with Crippen LogP contribution < -0.4 is 14.5 Å². The molecule has 0 N–H and O–H groups in total. The number of hydrogen-bond acceptors (Lipinski definition) is 7. The highest BCUT2D eigenvalue weighted by atomic mass is 16.5. The summed E-state index contributed by atoms with van der Waals surface area (Å²) in [5.41, 5.74) is 0.617. The first-order chi connectivity index (χ1) is 15.8. The van der Waals surface area contributed by atoms with Gasteiger partial charge in [-0.3, -0.25) is 4.79 Å². The fourth-order valence-corrected chi connectivity index (χ4v) is 4.84. The first-order valence-corrected chi connectivity index (χ1v) is 12.0. The third-order valence-electron chi connectivity index (χ3n) is 6.73. The largest absolute Gasteiger partial charge is 0.474 e. The van der Waals surface area contributed by atoms with E-state index in [0.717, 1.165) is 50.8 Å². The highest BCUT2D eigenvalue weighted by molar-refractivity contribution is 5.94. The maximum absolute atomic E-state index is 13.0. The Morgan fingerprint density at radius 1 is 0.844 bits per heavy atom. The van der Waals surface area contributed by atoms with Gasteiger partial charge in [0, 0.05) is 57.7 Å². The molecule has 1 aliphatic carbocycles. The first kappa shape index (κ1) is 21.0. The molecule has 2 aliphatic heterocycles. The van der Waals surface area contributed by atoms with E-state index in [1.807, 2.05) is 29.3 Å². The quantitative estimate of drug-likeness (QED) is 0.713. The summed E-state index contributed by atoms with van der Waals surface area (Å²) in [6.07, 6.45) is 12.1. The Labute approximate surface area is 189 Å². The van der Waals surface area contributed by atoms with Crippen molar-refractivity contribution in [2.45, 2.75) is 51.0 Å². The molecule has 1 saturated carbocycles. The average molecular weight is 437 g/mol. The molecule has 170 valence electrons. The van der Waals surface area contributed by atoms with Gasteiger partial charge in [-0.05, 0) is 57.1 Å². The van der Waals surface area contributed by atoms with Crippen LogP contribution >= 0.6 is 0 Å². The highest BCUT2D eigenvalue weighted by Gasteiger charge is 2.24. The minimum absolute atomic E-state index is 0.0289. The molecule has 4 heterocycles. The Morgan fingerprint density at radius 2 is 1.62 bits per heavy atom. The standard InChI is InChI=1S/C24H32N6O2/c31-23(19-8-9-22(26-18-19)32-20-6-2-3-7-20)29-16-14-28(15-17-29)21-10-11-25-24(27-21)30-12-4-1-5-13-30/h8-11,18,20H,1-7,12-17H2. The molecule has 8 nitrogen and oxygen atoms in total. The number of amides is 1. The maximum atomic E-state index is 13.0. The number of nitrogens with zero attached hydrogens (tertiary/aromatic N) is 6. The van der Waals surface area contributed by atoms with Crippen molar-refractivity contribution in [2.24, 2.45) is 0 Å². The number of anilines is 2. The molecular formula is C24H32N6O2. The number of piperidine rings is 1. The van der Waals surface area contributed by atoms with Gasteiger partial charge in [0.2, 0.25) is 11.8 Å². The topological polar surface area (TPSA) is 74.7 Å². The van der Waals surface area contributed by atoms with Crippen LogP contribution in [0.25, 0.3) is 0 Å². The molecule has 0 atom stereocenters. The van der Waals surface area contributed by atoms with Crippen molar-refractivity contribution < 1.29 is 9.53 Å². The Bertz CT molecular complexity index is 901. The van der Waals surface area contributed by atoms with E-state index in [2.05, 4.69) is 19.8 Å². The summed E-state index contributed by atoms with van der Waals surface area (Å²) in [4.78, 5) is 33.1. The molecule has 0 radical (unpaired) electrons. The smallest absolute Gasteiger partial charge is 0.255 e. The fourth-order valence-electron chi connectivity index (χ4n) is 4.84. The second kappa shape index (κ2) is 9.71. The first-order valence-electron chi connectivity index (χ1n) is 12.0. The lowest BCUT2D eigenvalue weighted by atomic mass is 10.1. The number of pyridine rings is 1. The van der Waals surface area contributed by atoms with Crippen LogP contribution in [0.1, 0.15) is 55.3 Å². The Balaban J connectivity index is 1.16. The van der Waals surface area contributed by atoms with E-state index in [1.165, 1.54) is 32.1 Å². The summed E-state index contributed by atoms with van der Waals surface area (Å²) >= 11 is 0. The van der Waals surface area contributed by atoms with Crippen LogP contribution in [-0.4, -0.2) is 71.1 Å². The molecule has 1 amide bonds. The van der Waals surface area contributed by atoms with Gasteiger partial charge in [0.15, 0.2) is 0 Å². The Kier molecular flexibility index (Phi) is 6.36. The zero-order valence-electron chi connectivity index (χ0n) is 18.7. The summed E-state index contributed by atoms with van der Waals surface area (Å²) in [5, 5.41) is 0. The van der Waals surface area contributed by atoms with Crippen LogP contribution in [0.3, 0.4) is 0 Å². The lowest BCUT2D eigenvalue weighted by molar-refractivity contribution is 0.0746. The van der Waals surface area contributed by atoms with Crippen LogP contribution in [0.4, 0.5) is 11.8 Å². The third-order valence-corrected chi connectivity index (χ3v) is 6.73. The van der Waals surface area contributed by atoms with Gasteiger partial charge in [-0.1, -0.05) is 0 Å². The molecule has 0 unspecified atom stereocenters. The molecule has 2 aromatic heterocycles. The average Bonchev–Trinajstić information content (AvgIpc) is 3.38. The van der Waals surface area contributed by atoms with Crippen molar-refractivity contribution >= 4 is 17.7 Å². The van der Waals surface area contributed by atoms with Gasteiger partial charge in [-0.15, -0.1) is 0 Å². The van der Waals surface area contributed by atoms with Crippen molar-refractivity contribution in [1.29, 1.82) is 0 Å². The monoisotopic (exact) mass is 436 g/mol. The molecule has 0 bridgehead atoms. The van der Waals surface area contributed by atoms with E-state index in [9.17, 15) is 4.79 Å². The molecule has 8 heteroatoms. The number of carbonyl (C=O) groups excluding carboxylic acids is 1. The molecule has 32 heavy (non-hydrogen) atoms. The second-order valence-electron chi connectivity index (χ2n) is 8.95. The predicted molar refractivity (Wildman–Crippen MR) is 123 cm³/mol. The molecule has 3 fully saturated rings. The number of piperazine rings is 1. The summed E-state index contributed by atoms with van der Waals surface area (Å²) in [7, 11) is 0. The van der Waals surface area contributed by atoms with Crippen molar-refractivity contribution in [1.82, 2.24) is 19.9 Å². The molecular weight excluding hydrogens is 404 g/mol. The molecule has 2 saturated heterocycles. The van der Waals surface area contributed by atoms with Gasteiger partial charge in [0.1, 0.15) is 11.9 Å². The van der Waals surface area contributed by atoms with Crippen molar-refractivity contribution in [3.8, 4) is 5.88 Å². The number of hydrogen-bond donors (Lipinski definition) is 0. The molecule has 3 aliphatic rings. The van der Waals surface area contributed by atoms with Crippen LogP contribution in [0, 0.1) is 0 Å². The summed E-state index contributed by atoms with van der Waals surface area (Å²) in [6.45, 7) is 4.93. The van der Waals surface area contributed by atoms with E-state index in [4.69, 9.17) is 9.72 Å². The van der Waals surface area contributed by atoms with Crippen LogP contribution in [-0.2, 0) is 0 Å². The number of rotatable bonds is 5. The fraction of sp³-hybridized carbons (Fsp3) is 0.583. The number of carbonyl (C=O) groups is 1. The van der Waals surface area contributed by atoms with Gasteiger partial charge in [-0.2, -0.15) is 4.98 Å². The number of aromatic nitrogens is 3. The van der Waals surface area contributed by atoms with E-state index in [1.54, 1.807) is 6.20 Å². The number of ether oxygens (including phenoxy) is 1. The van der Waals surface area contributed by atoms with Gasteiger partial charge < -0.3 is 19.4 Å². The van der Waals surface area contributed by atoms with Gasteiger partial charge in [0.25, 0.3) is 5.91 Å². The SMILES string of the molecule is O=C(c1ccc(OC2CCCC2)nc1)N1CCN(c2ccnc(N3CCCCC3)n2)CC1. The summed E-state index contributed by atoms with van der Waals surface area (Å²) in [6, 6.07) is 5.63. The molecule has 5 rings (SSSR count). The Hall–Kier alpha value is -2.90. The van der Waals surface area contributed by atoms with Gasteiger partial charge >= 0.3 is 0 Å². The predicted octanol–water partition coefficient (Wildman–Crippen LogP) is 3.15. The normalized spacial score (nSPS) is 19.9. The van der Waals surface area contributed by atoms with E-state index in [0.29, 0.717) is 24.5 Å². The van der Waals surface area contributed by atoms with Crippen molar-refractivity contribution in [3.63, 3.8) is 0 Å². The highest BCUT2D eigenvalue weighted by Crippen LogP contribution is 2.24. The molecule has 0 spiro atoms. The van der Waals surface area contributed by atoms with E-state index in [-0.39, 0.29) is 12.0 Å². The van der Waals surface area contributed by atoms with E-state index >= 15 is 0 Å². The Morgan fingerprint density at radius 3 is 2.34 bits per heavy atom. The minimum atomic E-state index is 0.0289. The minimum Gasteiger partial charge on any atom is -0.474 e. The third kappa shape index (κ3) is 4.79. The van der Waals surface area contributed by atoms with Crippen LogP contribution in [0.2, 0.25) is 0 Å². The molecule has 2 aromatic rings. The maximum Gasteiger partial charge on any atom is 0.255 e. The molecule has 0 aromatic carbocycles. The van der Waals surface area contributed by atoms with E-state index < -0.39 is 0 Å².